The molecule has 0 spiro atoms. The van der Waals surface area contributed by atoms with E-state index in [4.69, 9.17) is 4.74 Å². The molecule has 29 heavy (non-hydrogen) atoms. The third-order valence-corrected chi connectivity index (χ3v) is 6.32. The predicted octanol–water partition coefficient (Wildman–Crippen LogP) is 4.04. The van der Waals surface area contributed by atoms with Crippen molar-refractivity contribution in [3.05, 3.63) is 63.3 Å². The van der Waals surface area contributed by atoms with Crippen LogP contribution < -0.4 is 4.90 Å². The number of aromatic nitrogens is 2. The molecular formula is C20H16N4O4S. The zero-order valence-corrected chi connectivity index (χ0v) is 16.3. The van der Waals surface area contributed by atoms with Gasteiger partial charge >= 0.3 is 5.97 Å². The molecule has 2 aromatic carbocycles. The van der Waals surface area contributed by atoms with Gasteiger partial charge < -0.3 is 14.6 Å². The molecule has 3 heterocycles. The molecule has 1 aliphatic rings. The molecule has 0 saturated carbocycles. The zero-order chi connectivity index (χ0) is 20.1. The lowest BCUT2D eigenvalue weighted by atomic mass is 10.0. The Balaban J connectivity index is 1.52. The first-order valence-electron chi connectivity index (χ1n) is 9.05. The molecule has 2 aromatic heterocycles. The van der Waals surface area contributed by atoms with E-state index >= 15 is 0 Å². The van der Waals surface area contributed by atoms with E-state index in [1.165, 1.54) is 24.5 Å². The number of anilines is 1. The Hall–Kier alpha value is -3.46. The number of fused-ring (bicyclic) bond motifs is 4. The summed E-state index contributed by atoms with van der Waals surface area (Å²) in [4.78, 5) is 32.8. The summed E-state index contributed by atoms with van der Waals surface area (Å²) >= 11 is 1.46. The van der Waals surface area contributed by atoms with E-state index in [2.05, 4.69) is 14.9 Å². The Morgan fingerprint density at radius 3 is 2.97 bits per heavy atom. The summed E-state index contributed by atoms with van der Waals surface area (Å²) in [6, 6.07) is 10.3. The largest absolute Gasteiger partial charge is 0.465 e. The van der Waals surface area contributed by atoms with Crippen LogP contribution in [0.4, 0.5) is 10.8 Å². The van der Waals surface area contributed by atoms with Gasteiger partial charge in [0.2, 0.25) is 0 Å². The lowest BCUT2D eigenvalue weighted by Crippen LogP contribution is -2.29. The number of nitro benzene ring substituents is 1. The number of ether oxygens (including phenoxy) is 1. The quantitative estimate of drug-likeness (QED) is 0.312. The molecule has 4 aromatic rings. The minimum Gasteiger partial charge on any atom is -0.465 e. The first-order chi connectivity index (χ1) is 14.0. The number of nitro groups is 1. The van der Waals surface area contributed by atoms with E-state index in [1.54, 1.807) is 18.2 Å². The fourth-order valence-corrected chi connectivity index (χ4v) is 4.80. The molecule has 0 aliphatic carbocycles. The highest BCUT2D eigenvalue weighted by atomic mass is 32.1. The molecule has 0 bridgehead atoms. The van der Waals surface area contributed by atoms with Crippen LogP contribution in [0.2, 0.25) is 0 Å². The predicted molar refractivity (Wildman–Crippen MR) is 111 cm³/mol. The van der Waals surface area contributed by atoms with Crippen molar-refractivity contribution in [1.82, 2.24) is 9.97 Å². The molecule has 0 amide bonds. The molecule has 0 saturated heterocycles. The smallest absolute Gasteiger partial charge is 0.337 e. The second kappa shape index (κ2) is 6.56. The van der Waals surface area contributed by atoms with Gasteiger partial charge in [-0.1, -0.05) is 11.3 Å². The van der Waals surface area contributed by atoms with E-state index in [9.17, 15) is 14.9 Å². The summed E-state index contributed by atoms with van der Waals surface area (Å²) < 4.78 is 5.64. The van der Waals surface area contributed by atoms with Gasteiger partial charge in [-0.05, 0) is 24.3 Å². The number of rotatable bonds is 3. The maximum Gasteiger partial charge on any atom is 0.337 e. The number of methoxy groups -OCH3 is 1. The molecule has 1 N–H and O–H groups in total. The number of hydrogen-bond acceptors (Lipinski definition) is 7. The summed E-state index contributed by atoms with van der Waals surface area (Å²) in [5, 5.41) is 12.9. The van der Waals surface area contributed by atoms with Crippen molar-refractivity contribution >= 4 is 49.2 Å². The monoisotopic (exact) mass is 408 g/mol. The van der Waals surface area contributed by atoms with Crippen molar-refractivity contribution in [3.63, 3.8) is 0 Å². The van der Waals surface area contributed by atoms with Crippen LogP contribution in [0.25, 0.3) is 21.1 Å². The second-order valence-corrected chi connectivity index (χ2v) is 7.92. The summed E-state index contributed by atoms with van der Waals surface area (Å²) in [7, 11) is 1.37. The fraction of sp³-hybridized carbons (Fsp3) is 0.200. The number of aromatic amines is 1. The third kappa shape index (κ3) is 2.90. The minimum atomic E-state index is -0.392. The van der Waals surface area contributed by atoms with Gasteiger partial charge in [0.05, 0.1) is 27.8 Å². The highest BCUT2D eigenvalue weighted by molar-refractivity contribution is 7.22. The first kappa shape index (κ1) is 17.6. The third-order valence-electron chi connectivity index (χ3n) is 5.24. The van der Waals surface area contributed by atoms with Crippen LogP contribution in [0.3, 0.4) is 0 Å². The Kier molecular flexibility index (Phi) is 3.99. The van der Waals surface area contributed by atoms with Crippen LogP contribution in [0.5, 0.6) is 0 Å². The summed E-state index contributed by atoms with van der Waals surface area (Å²) in [5.74, 6) is -0.359. The molecule has 8 nitrogen and oxygen atoms in total. The van der Waals surface area contributed by atoms with Crippen LogP contribution in [0.15, 0.2) is 36.4 Å². The van der Waals surface area contributed by atoms with E-state index in [-0.39, 0.29) is 11.7 Å². The van der Waals surface area contributed by atoms with Crippen molar-refractivity contribution in [2.75, 3.05) is 18.6 Å². The number of benzene rings is 2. The van der Waals surface area contributed by atoms with Crippen LogP contribution in [-0.4, -0.2) is 34.5 Å². The van der Waals surface area contributed by atoms with Crippen LogP contribution in [-0.2, 0) is 17.7 Å². The number of carbonyl (C=O) groups excluding carboxylic acids is 1. The van der Waals surface area contributed by atoms with Crippen LogP contribution in [0, 0.1) is 10.1 Å². The number of hydrogen-bond donors (Lipinski definition) is 1. The van der Waals surface area contributed by atoms with Gasteiger partial charge in [0.1, 0.15) is 0 Å². The maximum atomic E-state index is 11.9. The van der Waals surface area contributed by atoms with E-state index in [1.807, 2.05) is 12.1 Å². The number of H-pyrrole nitrogens is 1. The molecule has 5 rings (SSSR count). The lowest BCUT2D eigenvalue weighted by molar-refractivity contribution is -0.384. The van der Waals surface area contributed by atoms with Crippen molar-refractivity contribution in [2.45, 2.75) is 13.0 Å². The summed E-state index contributed by atoms with van der Waals surface area (Å²) in [5.41, 5.74) is 4.64. The second-order valence-electron chi connectivity index (χ2n) is 6.91. The van der Waals surface area contributed by atoms with Crippen molar-refractivity contribution < 1.29 is 14.5 Å². The SMILES string of the molecule is COC(=O)c1ccc2[nH]c3c(c2c1)CN(c1nc2ccc([N+](=O)[O-])cc2s1)CC3. The van der Waals surface area contributed by atoms with E-state index < -0.39 is 4.92 Å². The van der Waals surface area contributed by atoms with Gasteiger partial charge in [0.25, 0.3) is 5.69 Å². The Labute approximate surface area is 168 Å². The number of carbonyl (C=O) groups is 1. The number of non-ortho nitro benzene ring substituents is 1. The van der Waals surface area contributed by atoms with Gasteiger partial charge in [-0.2, -0.15) is 0 Å². The fourth-order valence-electron chi connectivity index (χ4n) is 3.77. The lowest BCUT2D eigenvalue weighted by Gasteiger charge is -2.26. The Morgan fingerprint density at radius 2 is 2.17 bits per heavy atom. The molecule has 1 aliphatic heterocycles. The van der Waals surface area contributed by atoms with Gasteiger partial charge in [-0.25, -0.2) is 9.78 Å². The van der Waals surface area contributed by atoms with Gasteiger partial charge in [-0.3, -0.25) is 10.1 Å². The maximum absolute atomic E-state index is 11.9. The van der Waals surface area contributed by atoms with Crippen molar-refractivity contribution in [2.24, 2.45) is 0 Å². The average molecular weight is 408 g/mol. The van der Waals surface area contributed by atoms with Crippen molar-refractivity contribution in [1.29, 1.82) is 0 Å². The Morgan fingerprint density at radius 1 is 1.31 bits per heavy atom. The summed E-state index contributed by atoms with van der Waals surface area (Å²) in [6.45, 7) is 1.45. The molecule has 0 unspecified atom stereocenters. The topological polar surface area (TPSA) is 101 Å². The first-order valence-corrected chi connectivity index (χ1v) is 9.87. The highest BCUT2D eigenvalue weighted by Gasteiger charge is 2.24. The van der Waals surface area contributed by atoms with E-state index in [0.717, 1.165) is 50.5 Å². The highest BCUT2D eigenvalue weighted by Crippen LogP contribution is 2.35. The molecule has 146 valence electrons. The molecular weight excluding hydrogens is 392 g/mol. The van der Waals surface area contributed by atoms with Gasteiger partial charge in [0, 0.05) is 53.8 Å². The van der Waals surface area contributed by atoms with Crippen LogP contribution >= 0.6 is 11.3 Å². The summed E-state index contributed by atoms with van der Waals surface area (Å²) in [6.07, 6.45) is 0.827. The van der Waals surface area contributed by atoms with Gasteiger partial charge in [-0.15, -0.1) is 0 Å². The normalized spacial score (nSPS) is 13.6. The number of esters is 1. The molecule has 9 heteroatoms. The molecule has 0 fully saturated rings. The Bertz CT molecular complexity index is 1290. The van der Waals surface area contributed by atoms with Crippen molar-refractivity contribution in [3.8, 4) is 0 Å². The molecule has 0 atom stereocenters. The standard InChI is InChI=1S/C20H16N4O4S/c1-28-19(25)11-2-4-15-13(8-11)14-10-23(7-6-16(14)21-15)20-22-17-5-3-12(24(26)27)9-18(17)29-20/h2-5,8-9,21H,6-7,10H2,1H3. The molecule has 0 radical (unpaired) electrons. The number of thiazole rings is 1. The average Bonchev–Trinajstić information content (AvgIpc) is 3.32. The minimum absolute atomic E-state index is 0.0700. The van der Waals surface area contributed by atoms with E-state index in [0.29, 0.717) is 12.1 Å². The zero-order valence-electron chi connectivity index (χ0n) is 15.5. The van der Waals surface area contributed by atoms with Crippen LogP contribution in [0.1, 0.15) is 21.6 Å². The number of nitrogens with one attached hydrogen (secondary N) is 1. The van der Waals surface area contributed by atoms with Gasteiger partial charge in [0.15, 0.2) is 5.13 Å². The number of nitrogens with zero attached hydrogens (tertiary/aromatic N) is 3.